The highest BCUT2D eigenvalue weighted by Crippen LogP contribution is 2.09. The van der Waals surface area contributed by atoms with E-state index in [0.29, 0.717) is 18.4 Å². The molecule has 3 atom stereocenters. The molecule has 3 unspecified atom stereocenters. The molecule has 2 nitrogen and oxygen atoms in total. The van der Waals surface area contributed by atoms with Crippen LogP contribution in [0.2, 0.25) is 0 Å². The Morgan fingerprint density at radius 3 is 2.29 bits per heavy atom. The van der Waals surface area contributed by atoms with Crippen LogP contribution in [0.25, 0.3) is 0 Å². The molecule has 0 aromatic rings. The molecule has 0 heterocycles. The standard InChI is InChI=1S/C12H26O2/c1-5-7-10(3)8-14-9-12(13)11(4)6-2/h10-13H,5-9H2,1-4H3. The second-order valence-corrected chi connectivity index (χ2v) is 4.38. The van der Waals surface area contributed by atoms with Gasteiger partial charge in [0.2, 0.25) is 0 Å². The molecule has 0 aromatic heterocycles. The summed E-state index contributed by atoms with van der Waals surface area (Å²) in [6.07, 6.45) is 3.13. The third-order valence-corrected chi connectivity index (χ3v) is 2.77. The van der Waals surface area contributed by atoms with Crippen molar-refractivity contribution in [3.63, 3.8) is 0 Å². The molecule has 2 heteroatoms. The Hall–Kier alpha value is -0.0800. The fourth-order valence-electron chi connectivity index (χ4n) is 1.40. The monoisotopic (exact) mass is 202 g/mol. The van der Waals surface area contributed by atoms with Crippen molar-refractivity contribution in [1.29, 1.82) is 0 Å². The minimum Gasteiger partial charge on any atom is -0.390 e. The Bertz CT molecular complexity index is 125. The van der Waals surface area contributed by atoms with E-state index in [0.717, 1.165) is 13.0 Å². The van der Waals surface area contributed by atoms with Crippen LogP contribution < -0.4 is 0 Å². The Morgan fingerprint density at radius 2 is 1.79 bits per heavy atom. The lowest BCUT2D eigenvalue weighted by Gasteiger charge is -2.18. The zero-order valence-corrected chi connectivity index (χ0v) is 10.1. The second-order valence-electron chi connectivity index (χ2n) is 4.38. The summed E-state index contributed by atoms with van der Waals surface area (Å²) in [7, 11) is 0. The van der Waals surface area contributed by atoms with Crippen LogP contribution in [0.3, 0.4) is 0 Å². The van der Waals surface area contributed by atoms with E-state index < -0.39 is 0 Å². The third-order valence-electron chi connectivity index (χ3n) is 2.77. The van der Waals surface area contributed by atoms with Crippen LogP contribution >= 0.6 is 0 Å². The SMILES string of the molecule is CCCC(C)COCC(O)C(C)CC. The number of rotatable bonds is 8. The summed E-state index contributed by atoms with van der Waals surface area (Å²) in [5, 5.41) is 9.64. The Morgan fingerprint density at radius 1 is 1.14 bits per heavy atom. The predicted octanol–water partition coefficient (Wildman–Crippen LogP) is 2.85. The molecule has 0 aromatic carbocycles. The topological polar surface area (TPSA) is 29.5 Å². The van der Waals surface area contributed by atoms with Gasteiger partial charge in [0.25, 0.3) is 0 Å². The lowest BCUT2D eigenvalue weighted by atomic mass is 10.0. The second kappa shape index (κ2) is 8.25. The Balaban J connectivity index is 3.43. The fourth-order valence-corrected chi connectivity index (χ4v) is 1.40. The van der Waals surface area contributed by atoms with Crippen molar-refractivity contribution in [3.8, 4) is 0 Å². The van der Waals surface area contributed by atoms with Gasteiger partial charge in [0.15, 0.2) is 0 Å². The van der Waals surface area contributed by atoms with E-state index in [2.05, 4.69) is 27.7 Å². The fraction of sp³-hybridized carbons (Fsp3) is 1.00. The molecule has 1 N–H and O–H groups in total. The van der Waals surface area contributed by atoms with Crippen LogP contribution in [0.5, 0.6) is 0 Å². The number of aliphatic hydroxyl groups excluding tert-OH is 1. The molecule has 0 aliphatic carbocycles. The average Bonchev–Trinajstić information content (AvgIpc) is 2.16. The first-order valence-corrected chi connectivity index (χ1v) is 5.87. The molecule has 0 aliphatic heterocycles. The smallest absolute Gasteiger partial charge is 0.0799 e. The van der Waals surface area contributed by atoms with Gasteiger partial charge in [-0.1, -0.05) is 40.5 Å². The van der Waals surface area contributed by atoms with Crippen molar-refractivity contribution in [1.82, 2.24) is 0 Å². The van der Waals surface area contributed by atoms with E-state index in [1.54, 1.807) is 0 Å². The van der Waals surface area contributed by atoms with Crippen molar-refractivity contribution >= 4 is 0 Å². The van der Waals surface area contributed by atoms with Gasteiger partial charge in [0, 0.05) is 6.61 Å². The quantitative estimate of drug-likeness (QED) is 0.656. The number of hydrogen-bond acceptors (Lipinski definition) is 2. The molecule has 14 heavy (non-hydrogen) atoms. The highest BCUT2D eigenvalue weighted by Gasteiger charge is 2.12. The van der Waals surface area contributed by atoms with Gasteiger partial charge >= 0.3 is 0 Å². The first kappa shape index (κ1) is 13.9. The summed E-state index contributed by atoms with van der Waals surface area (Å²) < 4.78 is 5.48. The molecule has 0 fully saturated rings. The summed E-state index contributed by atoms with van der Waals surface area (Å²) in [4.78, 5) is 0. The van der Waals surface area contributed by atoms with Crippen LogP contribution in [-0.4, -0.2) is 24.4 Å². The van der Waals surface area contributed by atoms with E-state index in [1.807, 2.05) is 0 Å². The van der Waals surface area contributed by atoms with Gasteiger partial charge in [0.05, 0.1) is 12.7 Å². The molecule has 0 saturated carbocycles. The van der Waals surface area contributed by atoms with Crippen molar-refractivity contribution in [2.45, 2.75) is 53.1 Å². The van der Waals surface area contributed by atoms with Gasteiger partial charge in [0.1, 0.15) is 0 Å². The zero-order chi connectivity index (χ0) is 11.0. The van der Waals surface area contributed by atoms with E-state index in [9.17, 15) is 5.11 Å². The molecule has 0 spiro atoms. The predicted molar refractivity (Wildman–Crippen MR) is 60.4 cm³/mol. The largest absolute Gasteiger partial charge is 0.390 e. The minimum absolute atomic E-state index is 0.297. The van der Waals surface area contributed by atoms with Gasteiger partial charge in [-0.25, -0.2) is 0 Å². The molecule has 86 valence electrons. The molecule has 0 saturated heterocycles. The molecule has 0 amide bonds. The maximum atomic E-state index is 9.64. The van der Waals surface area contributed by atoms with Crippen LogP contribution in [0.15, 0.2) is 0 Å². The first-order valence-electron chi connectivity index (χ1n) is 5.87. The minimum atomic E-state index is -0.297. The number of ether oxygens (including phenoxy) is 1. The molecule has 0 aliphatic rings. The maximum Gasteiger partial charge on any atom is 0.0799 e. The van der Waals surface area contributed by atoms with Crippen molar-refractivity contribution in [2.75, 3.05) is 13.2 Å². The van der Waals surface area contributed by atoms with Crippen molar-refractivity contribution in [2.24, 2.45) is 11.8 Å². The van der Waals surface area contributed by atoms with Crippen molar-refractivity contribution < 1.29 is 9.84 Å². The van der Waals surface area contributed by atoms with Crippen LogP contribution in [0, 0.1) is 11.8 Å². The summed E-state index contributed by atoms with van der Waals surface area (Å²) in [6.45, 7) is 9.80. The van der Waals surface area contributed by atoms with Gasteiger partial charge in [-0.2, -0.15) is 0 Å². The first-order chi connectivity index (χ1) is 6.61. The molecular weight excluding hydrogens is 176 g/mol. The van der Waals surface area contributed by atoms with E-state index in [1.165, 1.54) is 12.8 Å². The van der Waals surface area contributed by atoms with Gasteiger partial charge in [-0.05, 0) is 18.3 Å². The average molecular weight is 202 g/mol. The lowest BCUT2D eigenvalue weighted by molar-refractivity contribution is -0.00267. The lowest BCUT2D eigenvalue weighted by Crippen LogP contribution is -2.24. The number of aliphatic hydroxyl groups is 1. The summed E-state index contributed by atoms with van der Waals surface area (Å²) in [6, 6.07) is 0. The summed E-state index contributed by atoms with van der Waals surface area (Å²) in [5.41, 5.74) is 0. The van der Waals surface area contributed by atoms with Crippen LogP contribution in [0.4, 0.5) is 0 Å². The van der Waals surface area contributed by atoms with Crippen molar-refractivity contribution in [3.05, 3.63) is 0 Å². The highest BCUT2D eigenvalue weighted by molar-refractivity contribution is 4.62. The van der Waals surface area contributed by atoms with E-state index in [4.69, 9.17) is 4.74 Å². The van der Waals surface area contributed by atoms with Gasteiger partial charge in [-0.15, -0.1) is 0 Å². The normalized spacial score (nSPS) is 17.8. The van der Waals surface area contributed by atoms with E-state index in [-0.39, 0.29) is 6.10 Å². The highest BCUT2D eigenvalue weighted by atomic mass is 16.5. The van der Waals surface area contributed by atoms with Gasteiger partial charge in [-0.3, -0.25) is 0 Å². The third kappa shape index (κ3) is 6.39. The Labute approximate surface area is 88.7 Å². The molecular formula is C12H26O2. The maximum absolute atomic E-state index is 9.64. The van der Waals surface area contributed by atoms with Gasteiger partial charge < -0.3 is 9.84 Å². The number of hydrogen-bond donors (Lipinski definition) is 1. The molecule has 0 rings (SSSR count). The van der Waals surface area contributed by atoms with Crippen LogP contribution in [-0.2, 0) is 4.74 Å². The van der Waals surface area contributed by atoms with E-state index >= 15 is 0 Å². The van der Waals surface area contributed by atoms with Crippen LogP contribution in [0.1, 0.15) is 47.0 Å². The Kier molecular flexibility index (Phi) is 8.20. The molecule has 0 bridgehead atoms. The zero-order valence-electron chi connectivity index (χ0n) is 10.1. The summed E-state index contributed by atoms with van der Waals surface area (Å²) in [5.74, 6) is 0.959. The summed E-state index contributed by atoms with van der Waals surface area (Å²) >= 11 is 0. The molecule has 0 radical (unpaired) electrons.